The van der Waals surface area contributed by atoms with Crippen molar-refractivity contribution in [3.05, 3.63) is 97.1 Å². The van der Waals surface area contributed by atoms with E-state index in [0.717, 1.165) is 22.2 Å². The molecule has 1 aliphatic heterocycles. The molecule has 0 saturated carbocycles. The predicted octanol–water partition coefficient (Wildman–Crippen LogP) is 7.61. The largest absolute Gasteiger partial charge is 0.493 e. The van der Waals surface area contributed by atoms with Crippen molar-refractivity contribution in [2.24, 2.45) is 0 Å². The summed E-state index contributed by atoms with van der Waals surface area (Å²) < 4.78 is 25.4. The molecule has 180 valence electrons. The van der Waals surface area contributed by atoms with Crippen LogP contribution >= 0.6 is 46.6 Å². The van der Waals surface area contributed by atoms with Crippen molar-refractivity contribution in [3.8, 4) is 11.5 Å². The highest BCUT2D eigenvalue weighted by Gasteiger charge is 2.36. The molecule has 0 unspecified atom stereocenters. The number of halogens is 4. The highest BCUT2D eigenvalue weighted by Crippen LogP contribution is 2.36. The Kier molecular flexibility index (Phi) is 7.91. The van der Waals surface area contributed by atoms with Gasteiger partial charge in [0.2, 0.25) is 0 Å². The maximum Gasteiger partial charge on any atom is 0.293 e. The second-order valence-corrected chi connectivity index (χ2v) is 9.65. The molecule has 0 spiro atoms. The number of hydrogen-bond acceptors (Lipinski definition) is 5. The van der Waals surface area contributed by atoms with Gasteiger partial charge in [-0.05, 0) is 59.8 Å². The van der Waals surface area contributed by atoms with E-state index in [1.165, 1.54) is 25.3 Å². The van der Waals surface area contributed by atoms with E-state index in [1.54, 1.807) is 42.5 Å². The predicted molar refractivity (Wildman–Crippen MR) is 137 cm³/mol. The van der Waals surface area contributed by atoms with Crippen LogP contribution in [0.15, 0.2) is 59.5 Å². The van der Waals surface area contributed by atoms with Gasteiger partial charge in [0, 0.05) is 26.2 Å². The molecule has 4 rings (SSSR count). The molecule has 0 aliphatic carbocycles. The molecule has 3 aromatic carbocycles. The summed E-state index contributed by atoms with van der Waals surface area (Å²) in [6.45, 7) is -0.0555. The Morgan fingerprint density at radius 2 is 1.80 bits per heavy atom. The zero-order valence-corrected chi connectivity index (χ0v) is 21.3. The standard InChI is InChI=1S/C25H17Cl3FNO4S/c1-33-22-9-14(5-8-21(22)34-13-15-6-7-16(26)11-19(15)28)10-23-24(31)30(25(32)35-23)12-17-18(27)3-2-4-20(17)29/h2-11H,12-13H2,1H3/b23-10+. The summed E-state index contributed by atoms with van der Waals surface area (Å²) in [5.74, 6) is -0.212. The van der Waals surface area contributed by atoms with Crippen molar-refractivity contribution in [1.82, 2.24) is 4.90 Å². The zero-order valence-electron chi connectivity index (χ0n) is 18.2. The van der Waals surface area contributed by atoms with Gasteiger partial charge in [0.25, 0.3) is 11.1 Å². The van der Waals surface area contributed by atoms with Crippen LogP contribution < -0.4 is 9.47 Å². The molecule has 0 atom stereocenters. The second kappa shape index (κ2) is 10.9. The number of ether oxygens (including phenoxy) is 2. The first-order valence-electron chi connectivity index (χ1n) is 10.2. The van der Waals surface area contributed by atoms with Gasteiger partial charge in [-0.2, -0.15) is 0 Å². The van der Waals surface area contributed by atoms with Crippen LogP contribution in [0.1, 0.15) is 16.7 Å². The van der Waals surface area contributed by atoms with Gasteiger partial charge in [-0.25, -0.2) is 4.39 Å². The van der Waals surface area contributed by atoms with Gasteiger partial charge in [-0.1, -0.05) is 53.0 Å². The Morgan fingerprint density at radius 3 is 2.51 bits per heavy atom. The van der Waals surface area contributed by atoms with E-state index in [9.17, 15) is 14.0 Å². The number of methoxy groups -OCH3 is 1. The molecule has 0 radical (unpaired) electrons. The molecule has 10 heteroatoms. The fourth-order valence-electron chi connectivity index (χ4n) is 3.32. The van der Waals surface area contributed by atoms with Crippen LogP contribution in [0.4, 0.5) is 9.18 Å². The molecule has 3 aromatic rings. The Labute approximate surface area is 220 Å². The molecule has 0 bridgehead atoms. The number of hydrogen-bond donors (Lipinski definition) is 0. The summed E-state index contributed by atoms with van der Waals surface area (Å²) in [5, 5.41) is 0.656. The first kappa shape index (κ1) is 25.4. The first-order valence-corrected chi connectivity index (χ1v) is 12.1. The normalized spacial score (nSPS) is 14.7. The van der Waals surface area contributed by atoms with Crippen LogP contribution in [0, 0.1) is 5.82 Å². The number of carbonyl (C=O) groups excluding carboxylic acids is 2. The van der Waals surface area contributed by atoms with Crippen molar-refractivity contribution in [3.63, 3.8) is 0 Å². The van der Waals surface area contributed by atoms with Gasteiger partial charge in [-0.3, -0.25) is 14.5 Å². The van der Waals surface area contributed by atoms with Gasteiger partial charge in [0.1, 0.15) is 12.4 Å². The average molecular weight is 553 g/mol. The lowest BCUT2D eigenvalue weighted by Crippen LogP contribution is -2.28. The van der Waals surface area contributed by atoms with Gasteiger partial charge in [0.15, 0.2) is 11.5 Å². The van der Waals surface area contributed by atoms with Gasteiger partial charge >= 0.3 is 0 Å². The minimum Gasteiger partial charge on any atom is -0.493 e. The van der Waals surface area contributed by atoms with Crippen LogP contribution in [-0.4, -0.2) is 23.2 Å². The zero-order chi connectivity index (χ0) is 25.1. The van der Waals surface area contributed by atoms with E-state index < -0.39 is 17.0 Å². The molecular weight excluding hydrogens is 536 g/mol. The molecule has 1 aliphatic rings. The number of nitrogens with zero attached hydrogens (tertiary/aromatic N) is 1. The molecule has 35 heavy (non-hydrogen) atoms. The molecule has 1 fully saturated rings. The molecule has 1 heterocycles. The van der Waals surface area contributed by atoms with Crippen LogP contribution in [0.5, 0.6) is 11.5 Å². The quantitative estimate of drug-likeness (QED) is 0.282. The summed E-state index contributed by atoms with van der Waals surface area (Å²) in [6.07, 6.45) is 1.57. The first-order chi connectivity index (χ1) is 16.8. The SMILES string of the molecule is COc1cc(/C=C2/SC(=O)N(Cc3c(F)cccc3Cl)C2=O)ccc1OCc1ccc(Cl)cc1Cl. The number of amides is 2. The van der Waals surface area contributed by atoms with Crippen LogP contribution in [0.2, 0.25) is 15.1 Å². The minimum atomic E-state index is -0.583. The van der Waals surface area contributed by atoms with E-state index in [4.69, 9.17) is 44.3 Å². The summed E-state index contributed by atoms with van der Waals surface area (Å²) in [7, 11) is 1.49. The monoisotopic (exact) mass is 551 g/mol. The van der Waals surface area contributed by atoms with E-state index >= 15 is 0 Å². The van der Waals surface area contributed by atoms with Crippen LogP contribution in [0.25, 0.3) is 6.08 Å². The minimum absolute atomic E-state index is 0.0849. The fourth-order valence-corrected chi connectivity index (χ4v) is 4.84. The Bertz CT molecular complexity index is 1330. The second-order valence-electron chi connectivity index (χ2n) is 7.40. The van der Waals surface area contributed by atoms with Gasteiger partial charge in [-0.15, -0.1) is 0 Å². The summed E-state index contributed by atoms with van der Waals surface area (Å²) in [4.78, 5) is 26.5. The average Bonchev–Trinajstić information content (AvgIpc) is 3.08. The van der Waals surface area contributed by atoms with E-state index in [2.05, 4.69) is 0 Å². The summed E-state index contributed by atoms with van der Waals surface area (Å²) >= 11 is 18.9. The maximum absolute atomic E-state index is 14.1. The number of thioether (sulfide) groups is 1. The molecule has 5 nitrogen and oxygen atoms in total. The summed E-state index contributed by atoms with van der Waals surface area (Å²) in [6, 6.07) is 14.4. The lowest BCUT2D eigenvalue weighted by Gasteiger charge is -2.14. The van der Waals surface area contributed by atoms with E-state index in [-0.39, 0.29) is 28.6 Å². The number of carbonyl (C=O) groups is 2. The summed E-state index contributed by atoms with van der Waals surface area (Å²) in [5.41, 5.74) is 1.46. The van der Waals surface area contributed by atoms with Crippen molar-refractivity contribution < 1.29 is 23.5 Å². The van der Waals surface area contributed by atoms with Gasteiger partial charge < -0.3 is 9.47 Å². The van der Waals surface area contributed by atoms with Crippen molar-refractivity contribution in [2.75, 3.05) is 7.11 Å². The number of rotatable bonds is 7. The van der Waals surface area contributed by atoms with E-state index in [1.807, 2.05) is 0 Å². The molecule has 1 saturated heterocycles. The molecular formula is C25H17Cl3FNO4S. The third-order valence-corrected chi connectivity index (χ3v) is 6.98. The number of benzene rings is 3. The topological polar surface area (TPSA) is 55.8 Å². The highest BCUT2D eigenvalue weighted by molar-refractivity contribution is 8.18. The highest BCUT2D eigenvalue weighted by atomic mass is 35.5. The lowest BCUT2D eigenvalue weighted by molar-refractivity contribution is -0.123. The van der Waals surface area contributed by atoms with Crippen molar-refractivity contribution in [1.29, 1.82) is 0 Å². The Morgan fingerprint density at radius 1 is 1.00 bits per heavy atom. The number of imide groups is 1. The third kappa shape index (κ3) is 5.76. The van der Waals surface area contributed by atoms with Crippen molar-refractivity contribution >= 4 is 63.8 Å². The van der Waals surface area contributed by atoms with Crippen LogP contribution in [-0.2, 0) is 17.9 Å². The molecule has 0 aromatic heterocycles. The van der Waals surface area contributed by atoms with Crippen LogP contribution in [0.3, 0.4) is 0 Å². The van der Waals surface area contributed by atoms with Gasteiger partial charge in [0.05, 0.1) is 18.6 Å². The molecule has 0 N–H and O–H groups in total. The van der Waals surface area contributed by atoms with E-state index in [0.29, 0.717) is 27.1 Å². The van der Waals surface area contributed by atoms with Crippen molar-refractivity contribution in [2.45, 2.75) is 13.2 Å². The maximum atomic E-state index is 14.1. The Hall–Kier alpha value is -2.71. The smallest absolute Gasteiger partial charge is 0.293 e. The molecule has 2 amide bonds. The third-order valence-electron chi connectivity index (χ3n) is 5.14. The fraction of sp³-hybridized carbons (Fsp3) is 0.120. The Balaban J connectivity index is 1.51. The lowest BCUT2D eigenvalue weighted by atomic mass is 10.1.